The Hall–Kier alpha value is -5.05. The van der Waals surface area contributed by atoms with Crippen LogP contribution in [0.5, 0.6) is 5.88 Å². The summed E-state index contributed by atoms with van der Waals surface area (Å²) in [7, 11) is 0. The number of benzene rings is 2. The van der Waals surface area contributed by atoms with Crippen molar-refractivity contribution in [2.75, 3.05) is 0 Å². The number of nitrogens with one attached hydrogen (secondary N) is 1. The lowest BCUT2D eigenvalue weighted by atomic mass is 9.71. The molecule has 0 atom stereocenters. The van der Waals surface area contributed by atoms with Gasteiger partial charge in [-0.3, -0.25) is 9.55 Å². The second-order valence-corrected chi connectivity index (χ2v) is 9.82. The maximum absolute atomic E-state index is 11.4. The van der Waals surface area contributed by atoms with E-state index in [1.807, 2.05) is 59.2 Å². The van der Waals surface area contributed by atoms with Crippen LogP contribution in [0.3, 0.4) is 0 Å². The van der Waals surface area contributed by atoms with Crippen molar-refractivity contribution in [1.29, 1.82) is 0 Å². The predicted octanol–water partition coefficient (Wildman–Crippen LogP) is 5.60. The molecule has 2 aliphatic rings. The van der Waals surface area contributed by atoms with E-state index in [1.54, 1.807) is 12.4 Å². The number of nitrogens with zero attached hydrogens (tertiary/aromatic N) is 5. The van der Waals surface area contributed by atoms with Gasteiger partial charge >= 0.3 is 6.09 Å². The smallest absolute Gasteiger partial charge is 0.405 e. The summed E-state index contributed by atoms with van der Waals surface area (Å²) in [5.74, 6) is 1.90. The largest absolute Gasteiger partial charge is 0.468 e. The second-order valence-electron chi connectivity index (χ2n) is 9.82. The molecule has 7 rings (SSSR count). The average Bonchev–Trinajstić information content (AvgIpc) is 3.40. The summed E-state index contributed by atoms with van der Waals surface area (Å²) in [6.45, 7) is 0.254. The summed E-state index contributed by atoms with van der Waals surface area (Å²) in [4.78, 5) is 20.6. The van der Waals surface area contributed by atoms with Crippen LogP contribution in [0, 0.1) is 0 Å². The predicted molar refractivity (Wildman–Crippen MR) is 144 cm³/mol. The molecule has 4 heterocycles. The molecule has 2 N–H and O–H groups in total. The van der Waals surface area contributed by atoms with Gasteiger partial charge in [0.2, 0.25) is 5.88 Å². The highest BCUT2D eigenvalue weighted by Gasteiger charge is 2.40. The van der Waals surface area contributed by atoms with Crippen LogP contribution in [-0.4, -0.2) is 35.9 Å². The molecule has 0 radical (unpaired) electrons. The van der Waals surface area contributed by atoms with E-state index in [0.29, 0.717) is 17.5 Å². The van der Waals surface area contributed by atoms with Crippen molar-refractivity contribution in [2.45, 2.75) is 31.4 Å². The van der Waals surface area contributed by atoms with Crippen LogP contribution in [0.25, 0.3) is 39.5 Å². The summed E-state index contributed by atoms with van der Waals surface area (Å²) in [5, 5.41) is 20.9. The van der Waals surface area contributed by atoms with Crippen molar-refractivity contribution in [3.63, 3.8) is 0 Å². The Morgan fingerprint density at radius 3 is 2.38 bits per heavy atom. The zero-order valence-electron chi connectivity index (χ0n) is 20.9. The first-order valence-corrected chi connectivity index (χ1v) is 12.8. The molecule has 1 fully saturated rings. The molecule has 1 saturated carbocycles. The zero-order valence-corrected chi connectivity index (χ0v) is 20.9. The number of carbonyl (C=O) groups is 1. The van der Waals surface area contributed by atoms with Gasteiger partial charge in [0.15, 0.2) is 18.3 Å². The van der Waals surface area contributed by atoms with Crippen LogP contribution in [0.4, 0.5) is 4.79 Å². The molecule has 0 saturated heterocycles. The third-order valence-corrected chi connectivity index (χ3v) is 7.57. The summed E-state index contributed by atoms with van der Waals surface area (Å²) >= 11 is 0. The highest BCUT2D eigenvalue weighted by atomic mass is 16.5. The van der Waals surface area contributed by atoms with Gasteiger partial charge in [0.1, 0.15) is 5.69 Å². The number of rotatable bonds is 5. The lowest BCUT2D eigenvalue weighted by molar-refractivity contribution is 0.144. The lowest BCUT2D eigenvalue weighted by Gasteiger charge is -2.42. The molecule has 9 nitrogen and oxygen atoms in total. The number of amides is 1. The van der Waals surface area contributed by atoms with Gasteiger partial charge in [-0.25, -0.2) is 9.78 Å². The van der Waals surface area contributed by atoms with E-state index in [2.05, 4.69) is 38.7 Å². The number of pyridine rings is 2. The fraction of sp³-hybridized carbons (Fsp3) is 0.167. The molecule has 39 heavy (non-hydrogen) atoms. The minimum atomic E-state index is -1.00. The number of ether oxygens (including phenoxy) is 1. The van der Waals surface area contributed by atoms with Gasteiger partial charge in [0.25, 0.3) is 0 Å². The van der Waals surface area contributed by atoms with Crippen molar-refractivity contribution in [3.05, 3.63) is 96.6 Å². The Morgan fingerprint density at radius 1 is 0.923 bits per heavy atom. The van der Waals surface area contributed by atoms with Gasteiger partial charge in [-0.2, -0.15) is 0 Å². The molecule has 1 aliphatic carbocycles. The maximum atomic E-state index is 11.4. The topological polar surface area (TPSA) is 115 Å². The van der Waals surface area contributed by atoms with Gasteiger partial charge in [-0.05, 0) is 48.6 Å². The van der Waals surface area contributed by atoms with Gasteiger partial charge in [-0.1, -0.05) is 54.6 Å². The third-order valence-electron chi connectivity index (χ3n) is 7.57. The standard InChI is InChI=1S/C30H24N6O3/c37-29(38)33-30(13-4-14-30)22-9-7-20(8-10-22)26-23(19-5-2-1-3-6-19)17-24-28(32-26)39-18-25-34-35-27(36(24)25)21-11-15-31-16-12-21/h1-3,5-12,15-17,33H,4,13-14,18H2,(H,37,38). The fourth-order valence-corrected chi connectivity index (χ4v) is 5.46. The number of carboxylic acid groups (broad SMARTS) is 1. The number of fused-ring (bicyclic) bond motifs is 3. The van der Waals surface area contributed by atoms with Gasteiger partial charge in [0.05, 0.1) is 11.2 Å². The van der Waals surface area contributed by atoms with E-state index in [1.165, 1.54) is 0 Å². The first-order valence-electron chi connectivity index (χ1n) is 12.8. The molecule has 5 aromatic rings. The van der Waals surface area contributed by atoms with Crippen LogP contribution >= 0.6 is 0 Å². The summed E-state index contributed by atoms with van der Waals surface area (Å²) in [5.41, 5.74) is 5.76. The molecule has 1 aliphatic heterocycles. The van der Waals surface area contributed by atoms with E-state index in [0.717, 1.165) is 58.5 Å². The first kappa shape index (κ1) is 23.1. The minimum absolute atomic E-state index is 0.254. The summed E-state index contributed by atoms with van der Waals surface area (Å²) in [6, 6.07) is 24.0. The molecule has 192 valence electrons. The zero-order chi connectivity index (χ0) is 26.4. The highest BCUT2D eigenvalue weighted by Crippen LogP contribution is 2.43. The quantitative estimate of drug-likeness (QED) is 0.313. The molecule has 0 unspecified atom stereocenters. The number of hydrogen-bond donors (Lipinski definition) is 2. The highest BCUT2D eigenvalue weighted by molar-refractivity contribution is 5.84. The Balaban J connectivity index is 1.37. The Morgan fingerprint density at radius 2 is 1.69 bits per heavy atom. The van der Waals surface area contributed by atoms with Gasteiger partial charge in [-0.15, -0.1) is 10.2 Å². The molecule has 9 heteroatoms. The summed E-state index contributed by atoms with van der Waals surface area (Å²) in [6.07, 6.45) is 5.04. The molecular formula is C30H24N6O3. The van der Waals surface area contributed by atoms with Crippen molar-refractivity contribution >= 4 is 6.09 Å². The third kappa shape index (κ3) is 3.90. The molecule has 1 amide bonds. The molecule has 0 bridgehead atoms. The van der Waals surface area contributed by atoms with Crippen LogP contribution in [0.15, 0.2) is 85.2 Å². The molecular weight excluding hydrogens is 492 g/mol. The number of hydrogen-bond acceptors (Lipinski definition) is 6. The average molecular weight is 517 g/mol. The summed E-state index contributed by atoms with van der Waals surface area (Å²) < 4.78 is 8.08. The van der Waals surface area contributed by atoms with Crippen molar-refractivity contribution < 1.29 is 14.6 Å². The molecule has 2 aromatic carbocycles. The molecule has 0 spiro atoms. The lowest BCUT2D eigenvalue weighted by Crippen LogP contribution is -2.50. The number of aromatic nitrogens is 5. The Kier molecular flexibility index (Phi) is 5.36. The van der Waals surface area contributed by atoms with E-state index in [9.17, 15) is 9.90 Å². The van der Waals surface area contributed by atoms with Crippen LogP contribution in [0.2, 0.25) is 0 Å². The van der Waals surface area contributed by atoms with Crippen molar-refractivity contribution in [2.24, 2.45) is 0 Å². The fourth-order valence-electron chi connectivity index (χ4n) is 5.46. The van der Waals surface area contributed by atoms with Gasteiger partial charge in [0, 0.05) is 29.1 Å². The van der Waals surface area contributed by atoms with E-state index in [4.69, 9.17) is 9.72 Å². The van der Waals surface area contributed by atoms with E-state index < -0.39 is 11.6 Å². The Labute approximate surface area is 224 Å². The molecule has 3 aromatic heterocycles. The SMILES string of the molecule is O=C(O)NC1(c2ccc(-c3nc4c(cc3-c3ccccc3)-n3c(nnc3-c3ccncc3)CO4)cc2)CCC1. The Bertz CT molecular complexity index is 1680. The second kappa shape index (κ2) is 9.05. The van der Waals surface area contributed by atoms with E-state index in [-0.39, 0.29) is 6.61 Å². The van der Waals surface area contributed by atoms with Gasteiger partial charge < -0.3 is 15.2 Å². The first-order chi connectivity index (χ1) is 19.1. The van der Waals surface area contributed by atoms with Crippen LogP contribution < -0.4 is 10.1 Å². The van der Waals surface area contributed by atoms with Crippen molar-refractivity contribution in [3.8, 4) is 45.3 Å². The minimum Gasteiger partial charge on any atom is -0.468 e. The monoisotopic (exact) mass is 516 g/mol. The van der Waals surface area contributed by atoms with Crippen LogP contribution in [0.1, 0.15) is 30.7 Å². The van der Waals surface area contributed by atoms with E-state index >= 15 is 0 Å². The maximum Gasteiger partial charge on any atom is 0.405 e. The normalized spacial score (nSPS) is 14.9. The van der Waals surface area contributed by atoms with Crippen molar-refractivity contribution in [1.82, 2.24) is 30.0 Å². The van der Waals surface area contributed by atoms with Crippen LogP contribution in [-0.2, 0) is 12.1 Å².